The van der Waals surface area contributed by atoms with E-state index in [-0.39, 0.29) is 17.8 Å². The van der Waals surface area contributed by atoms with Gasteiger partial charge in [0.1, 0.15) is 11.5 Å². The SMILES string of the molecule is COCCCC1CCCCN1C(=O)c1cc(-c2ccccc2F)n[nH]1. The molecule has 5 nitrogen and oxygen atoms in total. The van der Waals surface area contributed by atoms with Gasteiger partial charge in [0, 0.05) is 31.9 Å². The molecule has 1 unspecified atom stereocenters. The van der Waals surface area contributed by atoms with Gasteiger partial charge in [-0.2, -0.15) is 5.10 Å². The number of rotatable bonds is 6. The van der Waals surface area contributed by atoms with Gasteiger partial charge in [-0.25, -0.2) is 4.39 Å². The first-order valence-corrected chi connectivity index (χ1v) is 8.81. The van der Waals surface area contributed by atoms with Gasteiger partial charge in [-0.1, -0.05) is 12.1 Å². The van der Waals surface area contributed by atoms with Crippen molar-refractivity contribution in [1.82, 2.24) is 15.1 Å². The number of likely N-dealkylation sites (tertiary alicyclic amines) is 1. The molecule has 3 rings (SSSR count). The van der Waals surface area contributed by atoms with Crippen LogP contribution in [0.25, 0.3) is 11.3 Å². The van der Waals surface area contributed by atoms with Crippen LogP contribution in [0.4, 0.5) is 4.39 Å². The fraction of sp³-hybridized carbons (Fsp3) is 0.474. The van der Waals surface area contributed by atoms with Crippen LogP contribution in [0, 0.1) is 5.82 Å². The van der Waals surface area contributed by atoms with Crippen molar-refractivity contribution in [2.45, 2.75) is 38.1 Å². The lowest BCUT2D eigenvalue weighted by Gasteiger charge is -2.35. The predicted molar refractivity (Wildman–Crippen MR) is 93.8 cm³/mol. The summed E-state index contributed by atoms with van der Waals surface area (Å²) in [6, 6.07) is 8.32. The van der Waals surface area contributed by atoms with Crippen molar-refractivity contribution >= 4 is 5.91 Å². The third-order valence-electron chi connectivity index (χ3n) is 4.73. The second-order valence-electron chi connectivity index (χ2n) is 6.43. The van der Waals surface area contributed by atoms with Gasteiger partial charge in [-0.3, -0.25) is 9.89 Å². The summed E-state index contributed by atoms with van der Waals surface area (Å²) in [5.74, 6) is -0.402. The summed E-state index contributed by atoms with van der Waals surface area (Å²) >= 11 is 0. The molecule has 1 aliphatic rings. The monoisotopic (exact) mass is 345 g/mol. The lowest BCUT2D eigenvalue weighted by Crippen LogP contribution is -2.44. The van der Waals surface area contributed by atoms with E-state index < -0.39 is 0 Å². The Hall–Kier alpha value is -2.21. The Morgan fingerprint density at radius 1 is 1.40 bits per heavy atom. The van der Waals surface area contributed by atoms with Crippen molar-refractivity contribution in [3.8, 4) is 11.3 Å². The van der Waals surface area contributed by atoms with Crippen LogP contribution in [0.15, 0.2) is 30.3 Å². The first-order chi connectivity index (χ1) is 12.2. The molecule has 2 aromatic rings. The van der Waals surface area contributed by atoms with Crippen LogP contribution in [0.5, 0.6) is 0 Å². The van der Waals surface area contributed by atoms with Crippen molar-refractivity contribution in [2.75, 3.05) is 20.3 Å². The molecule has 6 heteroatoms. The van der Waals surface area contributed by atoms with Crippen LogP contribution in [0.1, 0.15) is 42.6 Å². The van der Waals surface area contributed by atoms with E-state index in [2.05, 4.69) is 10.2 Å². The van der Waals surface area contributed by atoms with Crippen LogP contribution >= 0.6 is 0 Å². The zero-order valence-electron chi connectivity index (χ0n) is 14.5. The summed E-state index contributed by atoms with van der Waals surface area (Å²) in [5, 5.41) is 6.91. The van der Waals surface area contributed by atoms with Gasteiger partial charge in [0.15, 0.2) is 0 Å². The summed E-state index contributed by atoms with van der Waals surface area (Å²) in [6.45, 7) is 1.46. The van der Waals surface area contributed by atoms with Gasteiger partial charge in [-0.05, 0) is 50.3 Å². The van der Waals surface area contributed by atoms with Crippen LogP contribution in [-0.4, -0.2) is 47.3 Å². The number of H-pyrrole nitrogens is 1. The van der Waals surface area contributed by atoms with Gasteiger partial charge < -0.3 is 9.64 Å². The number of aromatic nitrogens is 2. The number of piperidine rings is 1. The Labute approximate surface area is 147 Å². The van der Waals surface area contributed by atoms with Gasteiger partial charge in [-0.15, -0.1) is 0 Å². The van der Waals surface area contributed by atoms with E-state index in [1.54, 1.807) is 31.4 Å². The molecule has 1 aromatic heterocycles. The predicted octanol–water partition coefficient (Wildman–Crippen LogP) is 3.64. The fourth-order valence-electron chi connectivity index (χ4n) is 3.42. The number of methoxy groups -OCH3 is 1. The Morgan fingerprint density at radius 2 is 2.24 bits per heavy atom. The Morgan fingerprint density at radius 3 is 3.04 bits per heavy atom. The summed E-state index contributed by atoms with van der Waals surface area (Å²) < 4.78 is 19.0. The minimum absolute atomic E-state index is 0.0581. The number of nitrogens with zero attached hydrogens (tertiary/aromatic N) is 2. The minimum atomic E-state index is -0.344. The zero-order chi connectivity index (χ0) is 17.6. The maximum atomic E-state index is 13.9. The topological polar surface area (TPSA) is 58.2 Å². The standard InChI is InChI=1S/C19H24FN3O2/c1-25-12-6-8-14-7-4-5-11-23(14)19(24)18-13-17(21-22-18)15-9-2-3-10-16(15)20/h2-3,9-10,13-14H,4-8,11-12H2,1H3,(H,21,22). The quantitative estimate of drug-likeness (QED) is 0.813. The second-order valence-corrected chi connectivity index (χ2v) is 6.43. The molecule has 0 bridgehead atoms. The maximum absolute atomic E-state index is 13.9. The van der Waals surface area contributed by atoms with Crippen LogP contribution in [0.3, 0.4) is 0 Å². The highest BCUT2D eigenvalue weighted by Gasteiger charge is 2.28. The Bertz CT molecular complexity index is 716. The van der Waals surface area contributed by atoms with Gasteiger partial charge in [0.2, 0.25) is 0 Å². The Balaban J connectivity index is 1.74. The van der Waals surface area contributed by atoms with Crippen molar-refractivity contribution in [3.63, 3.8) is 0 Å². The summed E-state index contributed by atoms with van der Waals surface area (Å²) in [7, 11) is 1.69. The molecule has 0 aliphatic carbocycles. The van der Waals surface area contributed by atoms with E-state index in [1.165, 1.54) is 6.07 Å². The molecule has 0 saturated carbocycles. The van der Waals surface area contributed by atoms with Crippen molar-refractivity contribution in [3.05, 3.63) is 41.8 Å². The highest BCUT2D eigenvalue weighted by molar-refractivity contribution is 5.93. The average Bonchev–Trinajstić information content (AvgIpc) is 3.12. The molecule has 0 radical (unpaired) electrons. The summed E-state index contributed by atoms with van der Waals surface area (Å²) in [5.41, 5.74) is 1.26. The van der Waals surface area contributed by atoms with E-state index in [9.17, 15) is 9.18 Å². The number of carbonyl (C=O) groups excluding carboxylic acids is 1. The molecule has 1 saturated heterocycles. The normalized spacial score (nSPS) is 17.7. The number of carbonyl (C=O) groups is 1. The molecule has 1 aromatic carbocycles. The van der Waals surface area contributed by atoms with E-state index in [4.69, 9.17) is 4.74 Å². The number of hydrogen-bond acceptors (Lipinski definition) is 3. The lowest BCUT2D eigenvalue weighted by molar-refractivity contribution is 0.0579. The molecule has 1 amide bonds. The largest absolute Gasteiger partial charge is 0.385 e. The molecule has 1 fully saturated rings. The van der Waals surface area contributed by atoms with E-state index in [0.717, 1.165) is 38.6 Å². The number of ether oxygens (including phenoxy) is 1. The Kier molecular flexibility index (Phi) is 5.81. The molecular formula is C19H24FN3O2. The molecular weight excluding hydrogens is 321 g/mol. The van der Waals surface area contributed by atoms with Crippen molar-refractivity contribution in [2.24, 2.45) is 0 Å². The zero-order valence-corrected chi connectivity index (χ0v) is 14.5. The first-order valence-electron chi connectivity index (χ1n) is 8.81. The number of amides is 1. The number of aromatic amines is 1. The summed E-state index contributed by atoms with van der Waals surface area (Å²) in [6.07, 6.45) is 5.05. The number of halogens is 1. The highest BCUT2D eigenvalue weighted by atomic mass is 19.1. The van der Waals surface area contributed by atoms with Crippen molar-refractivity contribution < 1.29 is 13.9 Å². The summed E-state index contributed by atoms with van der Waals surface area (Å²) in [4.78, 5) is 14.8. The van der Waals surface area contributed by atoms with Crippen LogP contribution in [-0.2, 0) is 4.74 Å². The lowest BCUT2D eigenvalue weighted by atomic mass is 9.97. The van der Waals surface area contributed by atoms with Gasteiger partial charge in [0.25, 0.3) is 5.91 Å². The second kappa shape index (κ2) is 8.25. The fourth-order valence-corrected chi connectivity index (χ4v) is 3.42. The van der Waals surface area contributed by atoms with Gasteiger partial charge in [0.05, 0.1) is 5.69 Å². The van der Waals surface area contributed by atoms with Crippen LogP contribution in [0.2, 0.25) is 0 Å². The molecule has 134 valence electrons. The number of nitrogens with one attached hydrogen (secondary N) is 1. The molecule has 1 atom stereocenters. The van der Waals surface area contributed by atoms with Crippen LogP contribution < -0.4 is 0 Å². The number of benzene rings is 1. The molecule has 1 N–H and O–H groups in total. The molecule has 25 heavy (non-hydrogen) atoms. The highest BCUT2D eigenvalue weighted by Crippen LogP contribution is 2.25. The van der Waals surface area contributed by atoms with Gasteiger partial charge >= 0.3 is 0 Å². The molecule has 1 aliphatic heterocycles. The first kappa shape index (κ1) is 17.6. The van der Waals surface area contributed by atoms with E-state index >= 15 is 0 Å². The average molecular weight is 345 g/mol. The smallest absolute Gasteiger partial charge is 0.272 e. The number of hydrogen-bond donors (Lipinski definition) is 1. The third-order valence-corrected chi connectivity index (χ3v) is 4.73. The molecule has 2 heterocycles. The van der Waals surface area contributed by atoms with E-state index in [1.807, 2.05) is 4.90 Å². The van der Waals surface area contributed by atoms with Crippen molar-refractivity contribution in [1.29, 1.82) is 0 Å². The maximum Gasteiger partial charge on any atom is 0.272 e. The third kappa shape index (κ3) is 4.07. The molecule has 0 spiro atoms. The minimum Gasteiger partial charge on any atom is -0.385 e. The van der Waals surface area contributed by atoms with E-state index in [0.29, 0.717) is 23.6 Å².